The first-order valence-electron chi connectivity index (χ1n) is 11.6. The summed E-state index contributed by atoms with van der Waals surface area (Å²) in [6.07, 6.45) is 0. The van der Waals surface area contributed by atoms with Crippen LogP contribution in [-0.4, -0.2) is 76.5 Å². The van der Waals surface area contributed by atoms with Crippen LogP contribution in [0.4, 0.5) is 4.39 Å². The minimum absolute atomic E-state index is 0.144. The molecule has 2 aromatic rings. The number of ether oxygens (including phenoxy) is 2. The van der Waals surface area contributed by atoms with Crippen molar-refractivity contribution < 1.29 is 27.1 Å². The van der Waals surface area contributed by atoms with E-state index in [4.69, 9.17) is 21.1 Å². The molecule has 0 aromatic heterocycles. The average molecular weight is 536 g/mol. The molecule has 1 amide bonds. The molecule has 0 saturated carbocycles. The van der Waals surface area contributed by atoms with E-state index in [-0.39, 0.29) is 35.5 Å². The van der Waals surface area contributed by atoms with Crippen molar-refractivity contribution in [2.24, 2.45) is 0 Å². The maximum Gasteiger partial charge on any atom is 0.243 e. The van der Waals surface area contributed by atoms with Crippen molar-refractivity contribution in [1.29, 1.82) is 0 Å². The lowest BCUT2D eigenvalue weighted by Gasteiger charge is -2.34. The lowest BCUT2D eigenvalue weighted by atomic mass is 9.80. The first-order valence-corrected chi connectivity index (χ1v) is 13.4. The SMILES string of the molecule is CNC[C@@](C)(C(=O)N1CC2=C(C1)CN(S(=O)(=O)c1ccc3c(c1)OCCO3)C2)c1cc(F)cc(Cl)c1. The van der Waals surface area contributed by atoms with E-state index in [1.807, 2.05) is 0 Å². The number of carbonyl (C=O) groups is 1. The van der Waals surface area contributed by atoms with Crippen LogP contribution < -0.4 is 14.8 Å². The number of rotatable bonds is 6. The number of carbonyl (C=O) groups excluding carboxylic acids is 1. The second kappa shape index (κ2) is 9.33. The van der Waals surface area contributed by atoms with Crippen molar-refractivity contribution in [3.05, 3.63) is 63.9 Å². The van der Waals surface area contributed by atoms with Crippen molar-refractivity contribution in [2.75, 3.05) is 53.0 Å². The maximum atomic E-state index is 14.1. The first kappa shape index (κ1) is 25.0. The summed E-state index contributed by atoms with van der Waals surface area (Å²) in [7, 11) is -2.02. The van der Waals surface area contributed by atoms with E-state index in [9.17, 15) is 17.6 Å². The zero-order valence-electron chi connectivity index (χ0n) is 20.0. The predicted octanol–water partition coefficient (Wildman–Crippen LogP) is 2.57. The van der Waals surface area contributed by atoms with Crippen molar-refractivity contribution in [2.45, 2.75) is 17.2 Å². The van der Waals surface area contributed by atoms with Gasteiger partial charge < -0.3 is 19.7 Å². The van der Waals surface area contributed by atoms with Crippen LogP contribution in [0.15, 0.2) is 52.4 Å². The molecule has 0 unspecified atom stereocenters. The fourth-order valence-corrected chi connectivity index (χ4v) is 6.74. The van der Waals surface area contributed by atoms with E-state index in [1.165, 1.54) is 28.6 Å². The van der Waals surface area contributed by atoms with Gasteiger partial charge in [-0.05, 0) is 61.0 Å². The summed E-state index contributed by atoms with van der Waals surface area (Å²) in [6.45, 7) is 3.92. The Balaban J connectivity index is 1.31. The molecule has 0 radical (unpaired) electrons. The number of amides is 1. The van der Waals surface area contributed by atoms with Gasteiger partial charge in [-0.15, -0.1) is 0 Å². The second-order valence-electron chi connectivity index (χ2n) is 9.47. The number of hydrogen-bond acceptors (Lipinski definition) is 6. The quantitative estimate of drug-likeness (QED) is 0.572. The average Bonchev–Trinajstić information content (AvgIpc) is 3.43. The molecule has 0 aliphatic carbocycles. The predicted molar refractivity (Wildman–Crippen MR) is 132 cm³/mol. The normalized spacial score (nSPS) is 19.4. The lowest BCUT2D eigenvalue weighted by molar-refractivity contribution is -0.135. The Labute approximate surface area is 214 Å². The van der Waals surface area contributed by atoms with Crippen LogP contribution in [0.2, 0.25) is 5.02 Å². The Morgan fingerprint density at radius 1 is 1.06 bits per heavy atom. The lowest BCUT2D eigenvalue weighted by Crippen LogP contribution is -2.50. The summed E-state index contributed by atoms with van der Waals surface area (Å²) in [5, 5.41) is 3.26. The Hall–Kier alpha value is -2.66. The second-order valence-corrected chi connectivity index (χ2v) is 11.8. The van der Waals surface area contributed by atoms with Gasteiger partial charge in [0.05, 0.1) is 10.3 Å². The summed E-state index contributed by atoms with van der Waals surface area (Å²) < 4.78 is 53.2. The van der Waals surface area contributed by atoms with Gasteiger partial charge in [0.2, 0.25) is 15.9 Å². The molecule has 11 heteroatoms. The standard InChI is InChI=1S/C25H27ClFN3O5S/c1-25(15-28-2,18-7-19(26)9-20(27)8-18)24(31)29-11-16-13-30(14-17(16)12-29)36(32,33)21-3-4-22-23(10-21)35-6-5-34-22/h3-4,7-10,28H,5-6,11-15H2,1-2H3/t25-/m1/s1. The Kier molecular flexibility index (Phi) is 6.48. The van der Waals surface area contributed by atoms with E-state index in [2.05, 4.69) is 5.32 Å². The van der Waals surface area contributed by atoms with Crippen LogP contribution >= 0.6 is 11.6 Å². The third-order valence-electron chi connectivity index (χ3n) is 6.94. The molecule has 0 bridgehead atoms. The van der Waals surface area contributed by atoms with Crippen molar-refractivity contribution in [3.8, 4) is 11.5 Å². The van der Waals surface area contributed by atoms with Gasteiger partial charge in [-0.2, -0.15) is 4.31 Å². The van der Waals surface area contributed by atoms with Gasteiger partial charge in [0.15, 0.2) is 11.5 Å². The highest BCUT2D eigenvalue weighted by Crippen LogP contribution is 2.37. The molecule has 1 atom stereocenters. The molecule has 3 heterocycles. The number of nitrogens with zero attached hydrogens (tertiary/aromatic N) is 2. The monoisotopic (exact) mass is 535 g/mol. The summed E-state index contributed by atoms with van der Waals surface area (Å²) in [4.78, 5) is 15.5. The van der Waals surface area contributed by atoms with Crippen molar-refractivity contribution >= 4 is 27.5 Å². The highest BCUT2D eigenvalue weighted by molar-refractivity contribution is 7.89. The summed E-state index contributed by atoms with van der Waals surface area (Å²) >= 11 is 6.08. The van der Waals surface area contributed by atoms with E-state index in [1.54, 1.807) is 31.0 Å². The summed E-state index contributed by atoms with van der Waals surface area (Å²) in [5.74, 6) is 0.268. The molecule has 3 aliphatic heterocycles. The smallest absolute Gasteiger partial charge is 0.243 e. The minimum Gasteiger partial charge on any atom is -0.486 e. The molecule has 3 aliphatic rings. The van der Waals surface area contributed by atoms with E-state index < -0.39 is 21.3 Å². The molecule has 0 fully saturated rings. The van der Waals surface area contributed by atoms with Crippen LogP contribution in [0, 0.1) is 5.82 Å². The van der Waals surface area contributed by atoms with Crippen LogP contribution in [0.5, 0.6) is 11.5 Å². The number of benzene rings is 2. The fraction of sp³-hybridized carbons (Fsp3) is 0.400. The Bertz CT molecular complexity index is 1330. The highest BCUT2D eigenvalue weighted by Gasteiger charge is 2.43. The largest absolute Gasteiger partial charge is 0.486 e. The van der Waals surface area contributed by atoms with Gasteiger partial charge in [0, 0.05) is 43.8 Å². The van der Waals surface area contributed by atoms with Crippen molar-refractivity contribution in [1.82, 2.24) is 14.5 Å². The highest BCUT2D eigenvalue weighted by atomic mass is 35.5. The topological polar surface area (TPSA) is 88.2 Å². The number of likely N-dealkylation sites (N-methyl/N-ethyl adjacent to an activating group) is 1. The van der Waals surface area contributed by atoms with Crippen LogP contribution in [0.3, 0.4) is 0 Å². The first-order chi connectivity index (χ1) is 17.1. The molecule has 36 heavy (non-hydrogen) atoms. The zero-order valence-corrected chi connectivity index (χ0v) is 21.6. The van der Waals surface area contributed by atoms with Gasteiger partial charge in [-0.1, -0.05) is 11.6 Å². The van der Waals surface area contributed by atoms with E-state index in [0.717, 1.165) is 11.1 Å². The van der Waals surface area contributed by atoms with E-state index >= 15 is 0 Å². The van der Waals surface area contributed by atoms with Crippen LogP contribution in [0.25, 0.3) is 0 Å². The molecular formula is C25H27ClFN3O5S. The zero-order chi connectivity index (χ0) is 25.7. The van der Waals surface area contributed by atoms with Gasteiger partial charge in [0.25, 0.3) is 0 Å². The molecule has 2 aromatic carbocycles. The molecule has 0 saturated heterocycles. The molecule has 192 valence electrons. The minimum atomic E-state index is -3.76. The maximum absolute atomic E-state index is 14.1. The van der Waals surface area contributed by atoms with Gasteiger partial charge in [-0.25, -0.2) is 12.8 Å². The van der Waals surface area contributed by atoms with Crippen LogP contribution in [-0.2, 0) is 20.2 Å². The molecule has 5 rings (SSSR count). The molecule has 8 nitrogen and oxygen atoms in total. The molecular weight excluding hydrogens is 509 g/mol. The van der Waals surface area contributed by atoms with Gasteiger partial charge in [0.1, 0.15) is 19.0 Å². The number of sulfonamides is 1. The van der Waals surface area contributed by atoms with Gasteiger partial charge >= 0.3 is 0 Å². The van der Waals surface area contributed by atoms with Crippen molar-refractivity contribution in [3.63, 3.8) is 0 Å². The number of nitrogens with one attached hydrogen (secondary N) is 1. The number of hydrogen-bond donors (Lipinski definition) is 1. The summed E-state index contributed by atoms with van der Waals surface area (Å²) in [6, 6.07) is 8.78. The third-order valence-corrected chi connectivity index (χ3v) is 8.94. The van der Waals surface area contributed by atoms with Gasteiger partial charge in [-0.3, -0.25) is 4.79 Å². The Morgan fingerprint density at radius 3 is 2.36 bits per heavy atom. The molecule has 1 N–H and O–H groups in total. The third kappa shape index (κ3) is 4.36. The molecule has 0 spiro atoms. The van der Waals surface area contributed by atoms with E-state index in [0.29, 0.717) is 43.4 Å². The number of halogens is 2. The number of fused-ring (bicyclic) bond motifs is 1. The van der Waals surface area contributed by atoms with Crippen LogP contribution in [0.1, 0.15) is 12.5 Å². The Morgan fingerprint density at radius 2 is 1.72 bits per heavy atom. The fourth-order valence-electron chi connectivity index (χ4n) is 5.07. The summed E-state index contributed by atoms with van der Waals surface area (Å²) in [5.41, 5.74) is 1.26.